The van der Waals surface area contributed by atoms with Gasteiger partial charge >= 0.3 is 0 Å². The van der Waals surface area contributed by atoms with Crippen molar-refractivity contribution in [2.24, 2.45) is 5.92 Å². The van der Waals surface area contributed by atoms with Crippen molar-refractivity contribution in [3.8, 4) is 0 Å². The molecule has 1 saturated heterocycles. The van der Waals surface area contributed by atoms with E-state index in [0.29, 0.717) is 5.56 Å². The molecule has 2 aromatic carbocycles. The van der Waals surface area contributed by atoms with E-state index in [1.54, 1.807) is 0 Å². The van der Waals surface area contributed by atoms with Gasteiger partial charge in [0.2, 0.25) is 0 Å². The van der Waals surface area contributed by atoms with E-state index in [2.05, 4.69) is 60.2 Å². The summed E-state index contributed by atoms with van der Waals surface area (Å²) < 4.78 is 0. The van der Waals surface area contributed by atoms with Crippen LogP contribution in [0.4, 0.5) is 5.69 Å². The maximum atomic E-state index is 12.6. The average Bonchev–Trinajstić information content (AvgIpc) is 2.73. The third-order valence-corrected chi connectivity index (χ3v) is 5.88. The number of benzene rings is 2. The topological polar surface area (TPSA) is 35.6 Å². The molecule has 1 aliphatic heterocycles. The van der Waals surface area contributed by atoms with Crippen LogP contribution < -0.4 is 5.32 Å². The lowest BCUT2D eigenvalue weighted by molar-refractivity contribution is 0.102. The molecule has 1 heterocycles. The molecule has 156 valence electrons. The van der Waals surface area contributed by atoms with Crippen LogP contribution in [0.1, 0.15) is 55.1 Å². The van der Waals surface area contributed by atoms with Gasteiger partial charge < -0.3 is 5.32 Å². The summed E-state index contributed by atoms with van der Waals surface area (Å²) in [6.07, 6.45) is 2.63. The number of anilines is 1. The van der Waals surface area contributed by atoms with Crippen LogP contribution in [0.3, 0.4) is 0 Å². The van der Waals surface area contributed by atoms with E-state index in [1.807, 2.05) is 24.3 Å². The molecule has 4 nitrogen and oxygen atoms in total. The molecule has 1 aliphatic rings. The third-order valence-electron chi connectivity index (χ3n) is 5.88. The van der Waals surface area contributed by atoms with Crippen LogP contribution in [0, 0.1) is 5.92 Å². The normalized spacial score (nSPS) is 17.4. The molecule has 2 aromatic rings. The Labute approximate surface area is 175 Å². The number of hydrogen-bond donors (Lipinski definition) is 1. The second-order valence-electron chi connectivity index (χ2n) is 8.29. The van der Waals surface area contributed by atoms with E-state index < -0.39 is 0 Å². The average molecular weight is 394 g/mol. The standard InChI is InChI=1S/C25H35N3O/c1-4-27(5-2)18-22-10-14-24(15-11-22)26-25(29)23-12-8-21(9-13-23)19-28-16-6-7-20(3)17-28/h8-15,20H,4-7,16-19H2,1-3H3,(H,26,29)/t20-/m1/s1. The van der Waals surface area contributed by atoms with E-state index >= 15 is 0 Å². The number of nitrogens with zero attached hydrogens (tertiary/aromatic N) is 2. The number of rotatable bonds is 8. The van der Waals surface area contributed by atoms with Crippen LogP contribution in [-0.4, -0.2) is 41.9 Å². The predicted octanol–water partition coefficient (Wildman–Crippen LogP) is 5.01. The molecule has 0 aromatic heterocycles. The number of carbonyl (C=O) groups excluding carboxylic acids is 1. The van der Waals surface area contributed by atoms with E-state index in [1.165, 1.54) is 37.1 Å². The van der Waals surface area contributed by atoms with E-state index in [0.717, 1.165) is 37.8 Å². The summed E-state index contributed by atoms with van der Waals surface area (Å²) in [5.74, 6) is 0.729. The van der Waals surface area contributed by atoms with Crippen LogP contribution in [0.15, 0.2) is 48.5 Å². The van der Waals surface area contributed by atoms with Gasteiger partial charge in [-0.25, -0.2) is 0 Å². The van der Waals surface area contributed by atoms with Crippen LogP contribution in [0.25, 0.3) is 0 Å². The first-order chi connectivity index (χ1) is 14.1. The fourth-order valence-corrected chi connectivity index (χ4v) is 4.05. The molecular formula is C25H35N3O. The SMILES string of the molecule is CCN(CC)Cc1ccc(NC(=O)c2ccc(CN3CCC[C@@H](C)C3)cc2)cc1. The summed E-state index contributed by atoms with van der Waals surface area (Å²) in [6.45, 7) is 13.0. The largest absolute Gasteiger partial charge is 0.322 e. The fourth-order valence-electron chi connectivity index (χ4n) is 4.05. The molecule has 1 amide bonds. The quantitative estimate of drug-likeness (QED) is 0.684. The zero-order valence-corrected chi connectivity index (χ0v) is 18.2. The van der Waals surface area contributed by atoms with Gasteiger partial charge in [0.1, 0.15) is 0 Å². The summed E-state index contributed by atoms with van der Waals surface area (Å²) in [7, 11) is 0. The lowest BCUT2D eigenvalue weighted by atomic mass is 9.99. The Morgan fingerprint density at radius 1 is 1.03 bits per heavy atom. The first kappa shape index (κ1) is 21.5. The Hall–Kier alpha value is -2.17. The Balaban J connectivity index is 1.53. The second-order valence-corrected chi connectivity index (χ2v) is 8.29. The highest BCUT2D eigenvalue weighted by atomic mass is 16.1. The van der Waals surface area contributed by atoms with Crippen LogP contribution in [0.5, 0.6) is 0 Å². The predicted molar refractivity (Wildman–Crippen MR) is 121 cm³/mol. The molecule has 1 atom stereocenters. The molecule has 29 heavy (non-hydrogen) atoms. The van der Waals surface area contributed by atoms with Gasteiger partial charge in [-0.15, -0.1) is 0 Å². The molecule has 4 heteroatoms. The minimum atomic E-state index is -0.0559. The summed E-state index contributed by atoms with van der Waals surface area (Å²) in [5.41, 5.74) is 4.08. The Kier molecular flexibility index (Phi) is 7.84. The van der Waals surface area contributed by atoms with Crippen LogP contribution >= 0.6 is 0 Å². The van der Waals surface area contributed by atoms with Crippen molar-refractivity contribution in [2.45, 2.75) is 46.7 Å². The molecule has 3 rings (SSSR count). The molecule has 0 bridgehead atoms. The number of nitrogens with one attached hydrogen (secondary N) is 1. The summed E-state index contributed by atoms with van der Waals surface area (Å²) in [5, 5.41) is 3.01. The van der Waals surface area contributed by atoms with E-state index in [9.17, 15) is 4.79 Å². The van der Waals surface area contributed by atoms with Gasteiger partial charge in [-0.3, -0.25) is 14.6 Å². The van der Waals surface area contributed by atoms with Crippen molar-refractivity contribution >= 4 is 11.6 Å². The second kappa shape index (κ2) is 10.6. The minimum Gasteiger partial charge on any atom is -0.322 e. The van der Waals surface area contributed by atoms with E-state index in [4.69, 9.17) is 0 Å². The monoisotopic (exact) mass is 393 g/mol. The van der Waals surface area contributed by atoms with Gasteiger partial charge in [0.05, 0.1) is 0 Å². The first-order valence-corrected chi connectivity index (χ1v) is 11.0. The van der Waals surface area contributed by atoms with Gasteiger partial charge in [-0.1, -0.05) is 45.0 Å². The molecule has 1 fully saturated rings. The highest BCUT2D eigenvalue weighted by molar-refractivity contribution is 6.04. The number of piperidine rings is 1. The molecule has 1 N–H and O–H groups in total. The van der Waals surface area contributed by atoms with E-state index in [-0.39, 0.29) is 5.91 Å². The number of amides is 1. The number of hydrogen-bond acceptors (Lipinski definition) is 3. The van der Waals surface area contributed by atoms with Crippen molar-refractivity contribution in [3.05, 3.63) is 65.2 Å². The van der Waals surface area contributed by atoms with Crippen molar-refractivity contribution in [1.82, 2.24) is 9.80 Å². The zero-order valence-electron chi connectivity index (χ0n) is 18.2. The number of likely N-dealkylation sites (tertiary alicyclic amines) is 1. The van der Waals surface area contributed by atoms with Crippen LogP contribution in [-0.2, 0) is 13.1 Å². The number of carbonyl (C=O) groups is 1. The lowest BCUT2D eigenvalue weighted by Crippen LogP contribution is -2.33. The maximum Gasteiger partial charge on any atom is 0.255 e. The molecule has 0 aliphatic carbocycles. The molecule has 0 saturated carbocycles. The molecule has 0 spiro atoms. The fraction of sp³-hybridized carbons (Fsp3) is 0.480. The van der Waals surface area contributed by atoms with Gasteiger partial charge in [0.15, 0.2) is 0 Å². The smallest absolute Gasteiger partial charge is 0.255 e. The summed E-state index contributed by atoms with van der Waals surface area (Å²) in [4.78, 5) is 17.5. The Bertz CT molecular complexity index is 766. The zero-order chi connectivity index (χ0) is 20.6. The molecule has 0 unspecified atom stereocenters. The highest BCUT2D eigenvalue weighted by Crippen LogP contribution is 2.18. The first-order valence-electron chi connectivity index (χ1n) is 11.0. The van der Waals surface area contributed by atoms with Gasteiger partial charge in [0.25, 0.3) is 5.91 Å². The molecule has 0 radical (unpaired) electrons. The minimum absolute atomic E-state index is 0.0559. The lowest BCUT2D eigenvalue weighted by Gasteiger charge is -2.30. The van der Waals surface area contributed by atoms with Gasteiger partial charge in [-0.2, -0.15) is 0 Å². The maximum absolute atomic E-state index is 12.6. The summed E-state index contributed by atoms with van der Waals surface area (Å²) >= 11 is 0. The van der Waals surface area contributed by atoms with Crippen molar-refractivity contribution in [3.63, 3.8) is 0 Å². The highest BCUT2D eigenvalue weighted by Gasteiger charge is 2.16. The molecular weight excluding hydrogens is 358 g/mol. The van der Waals surface area contributed by atoms with Crippen molar-refractivity contribution in [1.29, 1.82) is 0 Å². The third kappa shape index (κ3) is 6.41. The van der Waals surface area contributed by atoms with Crippen LogP contribution in [0.2, 0.25) is 0 Å². The Morgan fingerprint density at radius 3 is 2.31 bits per heavy atom. The van der Waals surface area contributed by atoms with Gasteiger partial charge in [0, 0.05) is 30.9 Å². The van der Waals surface area contributed by atoms with Crippen molar-refractivity contribution < 1.29 is 4.79 Å². The summed E-state index contributed by atoms with van der Waals surface area (Å²) in [6, 6.07) is 16.2. The van der Waals surface area contributed by atoms with Gasteiger partial charge in [-0.05, 0) is 73.8 Å². The Morgan fingerprint density at radius 2 is 1.69 bits per heavy atom. The van der Waals surface area contributed by atoms with Crippen molar-refractivity contribution in [2.75, 3.05) is 31.5 Å².